The predicted octanol–water partition coefficient (Wildman–Crippen LogP) is -0.488. The second kappa shape index (κ2) is 14.2. The summed E-state index contributed by atoms with van der Waals surface area (Å²) in [4.78, 5) is 48.6. The van der Waals surface area contributed by atoms with Crippen molar-refractivity contribution in [1.82, 2.24) is 16.0 Å². The van der Waals surface area contributed by atoms with Gasteiger partial charge in [0, 0.05) is 6.42 Å². The molecule has 178 valence electrons. The fraction of sp³-hybridized carbons (Fsp3) is 0.545. The van der Waals surface area contributed by atoms with E-state index in [2.05, 4.69) is 16.0 Å². The first-order valence-corrected chi connectivity index (χ1v) is 10.8. The van der Waals surface area contributed by atoms with Crippen LogP contribution in [0.1, 0.15) is 38.7 Å². The quantitative estimate of drug-likeness (QED) is 0.208. The van der Waals surface area contributed by atoms with Crippen LogP contribution in [0.5, 0.6) is 0 Å². The summed E-state index contributed by atoms with van der Waals surface area (Å²) >= 11 is 0. The average molecular weight is 450 g/mol. The third-order valence-electron chi connectivity index (χ3n) is 4.89. The number of carbonyl (C=O) groups is 4. The Hall–Kier alpha value is -2.98. The maximum atomic E-state index is 12.7. The summed E-state index contributed by atoms with van der Waals surface area (Å²) < 4.78 is 0. The average Bonchev–Trinajstić information content (AvgIpc) is 2.75. The molecule has 1 aromatic rings. The number of rotatable bonds is 14. The highest BCUT2D eigenvalue weighted by Crippen LogP contribution is 2.06. The highest BCUT2D eigenvalue weighted by Gasteiger charge is 2.26. The lowest BCUT2D eigenvalue weighted by Gasteiger charge is -2.22. The zero-order valence-corrected chi connectivity index (χ0v) is 18.7. The summed E-state index contributed by atoms with van der Waals surface area (Å²) in [5.74, 6) is -3.14. The first kappa shape index (κ1) is 27.1. The molecular weight excluding hydrogens is 414 g/mol. The molecular formula is C22H35N5O5. The van der Waals surface area contributed by atoms with Crippen molar-refractivity contribution in [3.05, 3.63) is 35.9 Å². The number of carbonyl (C=O) groups excluding carboxylic acids is 3. The van der Waals surface area contributed by atoms with Crippen LogP contribution in [-0.4, -0.2) is 60.0 Å². The summed E-state index contributed by atoms with van der Waals surface area (Å²) in [5.41, 5.74) is 12.2. The van der Waals surface area contributed by atoms with E-state index in [0.717, 1.165) is 12.0 Å². The van der Waals surface area contributed by atoms with E-state index < -0.39 is 48.4 Å². The number of nitrogens with one attached hydrogen (secondary N) is 3. The number of benzene rings is 1. The molecule has 0 aliphatic heterocycles. The minimum atomic E-state index is -1.16. The van der Waals surface area contributed by atoms with E-state index in [9.17, 15) is 24.3 Å². The van der Waals surface area contributed by atoms with Gasteiger partial charge in [-0.3, -0.25) is 14.4 Å². The van der Waals surface area contributed by atoms with E-state index >= 15 is 0 Å². The molecule has 3 unspecified atom stereocenters. The molecule has 32 heavy (non-hydrogen) atoms. The number of amides is 3. The molecule has 0 aliphatic rings. The van der Waals surface area contributed by atoms with Crippen molar-refractivity contribution in [2.45, 2.75) is 57.7 Å². The van der Waals surface area contributed by atoms with E-state index in [0.29, 0.717) is 19.4 Å². The lowest BCUT2D eigenvalue weighted by molar-refractivity contribution is -0.143. The maximum Gasteiger partial charge on any atom is 0.326 e. The van der Waals surface area contributed by atoms with Crippen molar-refractivity contribution >= 4 is 23.7 Å². The summed E-state index contributed by atoms with van der Waals surface area (Å²) in [7, 11) is 0. The van der Waals surface area contributed by atoms with Gasteiger partial charge in [-0.15, -0.1) is 0 Å². The van der Waals surface area contributed by atoms with Crippen LogP contribution in [0.25, 0.3) is 0 Å². The highest BCUT2D eigenvalue weighted by atomic mass is 16.4. The molecule has 1 aromatic carbocycles. The van der Waals surface area contributed by atoms with Crippen molar-refractivity contribution < 1.29 is 24.3 Å². The Balaban J connectivity index is 2.76. The Kier molecular flexibility index (Phi) is 12.0. The smallest absolute Gasteiger partial charge is 0.326 e. The third-order valence-corrected chi connectivity index (χ3v) is 4.89. The van der Waals surface area contributed by atoms with Crippen molar-refractivity contribution in [3.8, 4) is 0 Å². The summed E-state index contributed by atoms with van der Waals surface area (Å²) in [6.07, 6.45) is 2.09. The summed E-state index contributed by atoms with van der Waals surface area (Å²) in [6, 6.07) is 6.32. The summed E-state index contributed by atoms with van der Waals surface area (Å²) in [6.45, 7) is 3.42. The lowest BCUT2D eigenvalue weighted by atomic mass is 10.0. The molecule has 1 rings (SSSR count). The van der Waals surface area contributed by atoms with Crippen molar-refractivity contribution in [3.63, 3.8) is 0 Å². The molecule has 0 fully saturated rings. The molecule has 0 saturated carbocycles. The van der Waals surface area contributed by atoms with Crippen molar-refractivity contribution in [2.75, 3.05) is 13.1 Å². The molecule has 0 saturated heterocycles. The highest BCUT2D eigenvalue weighted by molar-refractivity contribution is 5.92. The number of hydrogen-bond acceptors (Lipinski definition) is 6. The third kappa shape index (κ3) is 9.88. The van der Waals surface area contributed by atoms with Gasteiger partial charge in [0.2, 0.25) is 17.7 Å². The minimum Gasteiger partial charge on any atom is -0.480 e. The van der Waals surface area contributed by atoms with Crippen molar-refractivity contribution in [2.24, 2.45) is 17.4 Å². The van der Waals surface area contributed by atoms with Crippen LogP contribution < -0.4 is 27.4 Å². The molecule has 0 aromatic heterocycles. The van der Waals surface area contributed by atoms with Crippen LogP contribution in [0.3, 0.4) is 0 Å². The zero-order chi connectivity index (χ0) is 24.1. The molecule has 0 radical (unpaired) electrons. The number of unbranched alkanes of at least 4 members (excludes halogenated alkanes) is 1. The Morgan fingerprint density at radius 3 is 2.22 bits per heavy atom. The topological polar surface area (TPSA) is 177 Å². The van der Waals surface area contributed by atoms with Gasteiger partial charge in [0.05, 0.1) is 12.6 Å². The van der Waals surface area contributed by atoms with Crippen molar-refractivity contribution in [1.29, 1.82) is 0 Å². The van der Waals surface area contributed by atoms with E-state index in [4.69, 9.17) is 11.5 Å². The number of nitrogens with two attached hydrogens (primary N) is 2. The van der Waals surface area contributed by atoms with Gasteiger partial charge in [-0.2, -0.15) is 0 Å². The van der Waals surface area contributed by atoms with E-state index in [1.165, 1.54) is 0 Å². The molecule has 8 N–H and O–H groups in total. The van der Waals surface area contributed by atoms with E-state index in [1.54, 1.807) is 13.8 Å². The molecule has 3 amide bonds. The number of carboxylic acids is 1. The Morgan fingerprint density at radius 2 is 1.66 bits per heavy atom. The molecule has 0 spiro atoms. The number of hydrogen-bond donors (Lipinski definition) is 6. The van der Waals surface area contributed by atoms with Gasteiger partial charge in [-0.05, 0) is 30.9 Å². The standard InChI is InChI=1S/C22H35N5O5/c1-14(2)19(22(31)32)27-18(28)13-25-21(30)17(12-15-8-4-3-5-9-15)26-20(29)16(24)10-6-7-11-23/h3-5,8-9,14,16-17,19H,6-7,10-13,23-24H2,1-2H3,(H,25,30)(H,26,29)(H,27,28)(H,31,32). The molecule has 3 atom stereocenters. The Morgan fingerprint density at radius 1 is 1.00 bits per heavy atom. The molecule has 0 heterocycles. The van der Waals surface area contributed by atoms with Crippen LogP contribution in [0.15, 0.2) is 30.3 Å². The monoisotopic (exact) mass is 449 g/mol. The Bertz CT molecular complexity index is 756. The first-order chi connectivity index (χ1) is 15.1. The second-order valence-electron chi connectivity index (χ2n) is 7.99. The first-order valence-electron chi connectivity index (χ1n) is 10.8. The van der Waals surface area contributed by atoms with Gasteiger partial charge in [0.25, 0.3) is 0 Å². The van der Waals surface area contributed by atoms with E-state index in [1.807, 2.05) is 30.3 Å². The van der Waals surface area contributed by atoms with E-state index in [-0.39, 0.29) is 12.3 Å². The lowest BCUT2D eigenvalue weighted by Crippen LogP contribution is -2.54. The van der Waals surface area contributed by atoms with Gasteiger partial charge in [0.15, 0.2) is 0 Å². The van der Waals surface area contributed by atoms with Crippen LogP contribution in [0.4, 0.5) is 0 Å². The molecule has 0 aliphatic carbocycles. The zero-order valence-electron chi connectivity index (χ0n) is 18.7. The van der Waals surface area contributed by atoms with Gasteiger partial charge in [-0.25, -0.2) is 4.79 Å². The van der Waals surface area contributed by atoms with Gasteiger partial charge >= 0.3 is 5.97 Å². The van der Waals surface area contributed by atoms with Crippen LogP contribution in [0, 0.1) is 5.92 Å². The normalized spacial score (nSPS) is 13.7. The molecule has 10 heteroatoms. The minimum absolute atomic E-state index is 0.208. The van der Waals surface area contributed by atoms with Crippen LogP contribution >= 0.6 is 0 Å². The molecule has 10 nitrogen and oxygen atoms in total. The fourth-order valence-electron chi connectivity index (χ4n) is 3.01. The van der Waals surface area contributed by atoms with Crippen LogP contribution in [0.2, 0.25) is 0 Å². The predicted molar refractivity (Wildman–Crippen MR) is 120 cm³/mol. The molecule has 0 bridgehead atoms. The maximum absolute atomic E-state index is 12.7. The second-order valence-corrected chi connectivity index (χ2v) is 7.99. The van der Waals surface area contributed by atoms with Gasteiger partial charge in [0.1, 0.15) is 12.1 Å². The number of carboxylic acid groups (broad SMARTS) is 1. The van der Waals surface area contributed by atoms with Gasteiger partial charge in [-0.1, -0.05) is 50.6 Å². The van der Waals surface area contributed by atoms with Crippen LogP contribution in [-0.2, 0) is 25.6 Å². The largest absolute Gasteiger partial charge is 0.480 e. The van der Waals surface area contributed by atoms with Gasteiger partial charge < -0.3 is 32.5 Å². The SMILES string of the molecule is CC(C)C(NC(=O)CNC(=O)C(Cc1ccccc1)NC(=O)C(N)CCCCN)C(=O)O. The fourth-order valence-corrected chi connectivity index (χ4v) is 3.01. The Labute approximate surface area is 188 Å². The summed E-state index contributed by atoms with van der Waals surface area (Å²) in [5, 5.41) is 16.7. The number of aliphatic carboxylic acids is 1.